The molecule has 9 nitrogen and oxygen atoms in total. The third-order valence-corrected chi connectivity index (χ3v) is 6.04. The predicted octanol–water partition coefficient (Wildman–Crippen LogP) is 2.05. The maximum Gasteiger partial charge on any atom is 0.243 e. The fourth-order valence-electron chi connectivity index (χ4n) is 2.71. The second-order valence-electron chi connectivity index (χ2n) is 6.11. The Hall–Kier alpha value is -1.84. The van der Waals surface area contributed by atoms with Crippen molar-refractivity contribution < 1.29 is 23.0 Å². The van der Waals surface area contributed by atoms with Gasteiger partial charge in [-0.05, 0) is 48.6 Å². The van der Waals surface area contributed by atoms with Crippen LogP contribution in [0.25, 0.3) is 10.4 Å². The van der Waals surface area contributed by atoms with Gasteiger partial charge in [-0.3, -0.25) is 0 Å². The lowest BCUT2D eigenvalue weighted by molar-refractivity contribution is 0.0377. The quantitative estimate of drug-likeness (QED) is 0.286. The van der Waals surface area contributed by atoms with E-state index in [1.54, 1.807) is 6.92 Å². The molecule has 1 saturated heterocycles. The van der Waals surface area contributed by atoms with Crippen molar-refractivity contribution in [1.29, 1.82) is 0 Å². The number of benzene rings is 1. The number of sulfonamides is 1. The first-order valence-electron chi connectivity index (χ1n) is 8.41. The second kappa shape index (κ2) is 9.75. The maximum absolute atomic E-state index is 12.7. The monoisotopic (exact) mass is 384 g/mol. The molecule has 2 rings (SSSR count). The lowest BCUT2D eigenvalue weighted by Crippen LogP contribution is -2.29. The van der Waals surface area contributed by atoms with E-state index in [1.165, 1.54) is 22.5 Å². The summed E-state index contributed by atoms with van der Waals surface area (Å²) in [6.07, 6.45) is 0.744. The number of aromatic hydroxyl groups is 1. The van der Waals surface area contributed by atoms with Gasteiger partial charge in [0.05, 0.1) is 31.3 Å². The van der Waals surface area contributed by atoms with Crippen molar-refractivity contribution >= 4 is 10.0 Å². The van der Waals surface area contributed by atoms with Gasteiger partial charge in [0.15, 0.2) is 0 Å². The summed E-state index contributed by atoms with van der Waals surface area (Å²) in [5.41, 5.74) is 8.66. The summed E-state index contributed by atoms with van der Waals surface area (Å²) in [6.45, 7) is 4.49. The largest absolute Gasteiger partial charge is 0.508 e. The summed E-state index contributed by atoms with van der Waals surface area (Å²) >= 11 is 0. The van der Waals surface area contributed by atoms with E-state index >= 15 is 0 Å². The van der Waals surface area contributed by atoms with Crippen LogP contribution < -0.4 is 0 Å². The zero-order chi connectivity index (χ0) is 19.0. The van der Waals surface area contributed by atoms with Crippen molar-refractivity contribution in [3.05, 3.63) is 34.2 Å². The molecule has 0 aliphatic carbocycles. The molecule has 1 aliphatic rings. The Labute approximate surface area is 153 Å². The number of phenols is 1. The summed E-state index contributed by atoms with van der Waals surface area (Å²) in [7, 11) is -3.56. The molecule has 144 valence electrons. The van der Waals surface area contributed by atoms with Crippen molar-refractivity contribution in [2.45, 2.75) is 18.2 Å². The van der Waals surface area contributed by atoms with Crippen molar-refractivity contribution in [2.75, 3.05) is 46.1 Å². The summed E-state index contributed by atoms with van der Waals surface area (Å²) < 4.78 is 37.6. The molecule has 0 spiro atoms. The first-order chi connectivity index (χ1) is 12.4. The van der Waals surface area contributed by atoms with E-state index in [-0.39, 0.29) is 16.6 Å². The van der Waals surface area contributed by atoms with E-state index < -0.39 is 10.0 Å². The molecule has 1 aliphatic heterocycles. The molecule has 1 atom stereocenters. The van der Waals surface area contributed by atoms with E-state index in [2.05, 4.69) is 10.0 Å². The highest BCUT2D eigenvalue weighted by molar-refractivity contribution is 7.89. The van der Waals surface area contributed by atoms with Crippen LogP contribution in [-0.2, 0) is 19.5 Å². The molecule has 0 radical (unpaired) electrons. The van der Waals surface area contributed by atoms with Crippen LogP contribution in [-0.4, -0.2) is 63.9 Å². The van der Waals surface area contributed by atoms with Crippen molar-refractivity contribution in [1.82, 2.24) is 4.31 Å². The fourth-order valence-corrected chi connectivity index (χ4v) is 4.33. The summed E-state index contributed by atoms with van der Waals surface area (Å²) in [5.74, 6) is 0.226. The van der Waals surface area contributed by atoms with E-state index in [0.29, 0.717) is 51.6 Å². The van der Waals surface area contributed by atoms with E-state index in [1.807, 2.05) is 0 Å². The van der Waals surface area contributed by atoms with E-state index in [0.717, 1.165) is 6.42 Å². The van der Waals surface area contributed by atoms with Gasteiger partial charge in [0, 0.05) is 24.5 Å². The number of ether oxygens (including phenoxy) is 2. The first-order valence-corrected chi connectivity index (χ1v) is 9.85. The van der Waals surface area contributed by atoms with Crippen LogP contribution in [0.2, 0.25) is 0 Å². The van der Waals surface area contributed by atoms with Gasteiger partial charge in [-0.25, -0.2) is 8.42 Å². The van der Waals surface area contributed by atoms with Gasteiger partial charge < -0.3 is 14.6 Å². The Bertz CT molecular complexity index is 749. The highest BCUT2D eigenvalue weighted by Crippen LogP contribution is 2.27. The fraction of sp³-hybridized carbons (Fsp3) is 0.625. The van der Waals surface area contributed by atoms with Crippen LogP contribution in [0.4, 0.5) is 0 Å². The SMILES string of the molecule is Cc1cc(S(=O)(=O)N2CC[C@H](COCCOCCN=[N+]=[N-])C2)ccc1O. The molecular weight excluding hydrogens is 360 g/mol. The standard InChI is InChI=1S/C16H24N4O5S/c1-13-10-15(2-3-16(13)21)26(22,23)20-6-4-14(11-20)12-25-9-8-24-7-5-18-19-17/h2-3,10,14,21H,4-9,11-12H2,1H3/t14-/m0/s1. The number of rotatable bonds is 10. The molecule has 0 aromatic heterocycles. The van der Waals surface area contributed by atoms with Gasteiger partial charge in [-0.1, -0.05) is 5.11 Å². The first kappa shape index (κ1) is 20.5. The molecule has 1 heterocycles. The maximum atomic E-state index is 12.7. The molecule has 10 heteroatoms. The van der Waals surface area contributed by atoms with Crippen LogP contribution in [0.3, 0.4) is 0 Å². The Morgan fingerprint density at radius 1 is 1.35 bits per heavy atom. The Balaban J connectivity index is 1.75. The number of nitrogens with zero attached hydrogens (tertiary/aromatic N) is 4. The normalized spacial score (nSPS) is 18.0. The Morgan fingerprint density at radius 3 is 2.85 bits per heavy atom. The Morgan fingerprint density at radius 2 is 2.12 bits per heavy atom. The van der Waals surface area contributed by atoms with Crippen LogP contribution >= 0.6 is 0 Å². The van der Waals surface area contributed by atoms with Gasteiger partial charge in [-0.15, -0.1) is 0 Å². The van der Waals surface area contributed by atoms with E-state index in [4.69, 9.17) is 15.0 Å². The smallest absolute Gasteiger partial charge is 0.243 e. The van der Waals surface area contributed by atoms with Gasteiger partial charge in [-0.2, -0.15) is 4.31 Å². The van der Waals surface area contributed by atoms with Gasteiger partial charge in [0.1, 0.15) is 5.75 Å². The minimum atomic E-state index is -3.56. The van der Waals surface area contributed by atoms with Crippen molar-refractivity contribution in [3.63, 3.8) is 0 Å². The molecular formula is C16H24N4O5S. The molecule has 1 N–H and O–H groups in total. The zero-order valence-corrected chi connectivity index (χ0v) is 15.6. The molecule has 0 amide bonds. The topological polar surface area (TPSA) is 125 Å². The van der Waals surface area contributed by atoms with E-state index in [9.17, 15) is 13.5 Å². The lowest BCUT2D eigenvalue weighted by atomic mass is 10.1. The molecule has 1 fully saturated rings. The summed E-state index contributed by atoms with van der Waals surface area (Å²) in [5, 5.41) is 12.9. The van der Waals surface area contributed by atoms with Gasteiger partial charge in [0.25, 0.3) is 0 Å². The number of hydrogen-bond acceptors (Lipinski definition) is 6. The minimum Gasteiger partial charge on any atom is -0.508 e. The Kier molecular flexibility index (Phi) is 7.67. The summed E-state index contributed by atoms with van der Waals surface area (Å²) in [6, 6.07) is 4.32. The van der Waals surface area contributed by atoms with Gasteiger partial charge in [0.2, 0.25) is 10.0 Å². The number of phenolic OH excluding ortho intramolecular Hbond substituents is 1. The van der Waals surface area contributed by atoms with Crippen LogP contribution in [0, 0.1) is 12.8 Å². The highest BCUT2D eigenvalue weighted by atomic mass is 32.2. The molecule has 0 unspecified atom stereocenters. The molecule has 0 saturated carbocycles. The average Bonchev–Trinajstić information content (AvgIpc) is 3.09. The molecule has 0 bridgehead atoms. The second-order valence-corrected chi connectivity index (χ2v) is 8.05. The molecule has 1 aromatic rings. The molecule has 26 heavy (non-hydrogen) atoms. The predicted molar refractivity (Wildman–Crippen MR) is 95.4 cm³/mol. The number of azide groups is 1. The third-order valence-electron chi connectivity index (χ3n) is 4.18. The summed E-state index contributed by atoms with van der Waals surface area (Å²) in [4.78, 5) is 2.82. The van der Waals surface area contributed by atoms with Crippen molar-refractivity contribution in [2.24, 2.45) is 11.0 Å². The van der Waals surface area contributed by atoms with Crippen molar-refractivity contribution in [3.8, 4) is 5.75 Å². The van der Waals surface area contributed by atoms with Crippen LogP contribution in [0.1, 0.15) is 12.0 Å². The average molecular weight is 384 g/mol. The highest BCUT2D eigenvalue weighted by Gasteiger charge is 2.32. The van der Waals surface area contributed by atoms with Crippen LogP contribution in [0.15, 0.2) is 28.2 Å². The van der Waals surface area contributed by atoms with Gasteiger partial charge >= 0.3 is 0 Å². The van der Waals surface area contributed by atoms with Crippen LogP contribution in [0.5, 0.6) is 5.75 Å². The number of hydrogen-bond donors (Lipinski definition) is 1. The zero-order valence-electron chi connectivity index (χ0n) is 14.7. The molecule has 1 aromatic carbocycles. The minimum absolute atomic E-state index is 0.0818. The third kappa shape index (κ3) is 5.58. The lowest BCUT2D eigenvalue weighted by Gasteiger charge is -2.17. The number of aryl methyl sites for hydroxylation is 1.